The van der Waals surface area contributed by atoms with Crippen molar-refractivity contribution in [3.8, 4) is 11.4 Å². The van der Waals surface area contributed by atoms with Crippen molar-refractivity contribution >= 4 is 50.5 Å². The molecule has 4 aromatic rings. The van der Waals surface area contributed by atoms with Gasteiger partial charge in [0.25, 0.3) is 0 Å². The summed E-state index contributed by atoms with van der Waals surface area (Å²) in [6.45, 7) is 8.26. The van der Waals surface area contributed by atoms with Crippen molar-refractivity contribution in [3.63, 3.8) is 0 Å². The largest absolute Gasteiger partial charge is 0.489 e. The molecule has 1 heterocycles. The molecular formula is C24H22INO. The lowest BCUT2D eigenvalue weighted by molar-refractivity contribution is 0.227. The molecule has 1 unspecified atom stereocenters. The van der Waals surface area contributed by atoms with Gasteiger partial charge in [-0.2, -0.15) is 0 Å². The van der Waals surface area contributed by atoms with E-state index in [1.807, 2.05) is 6.08 Å². The number of hydrogen-bond acceptors (Lipinski definition) is 1. The molecule has 0 bridgehead atoms. The number of fused-ring (bicyclic) bond motifs is 3. The SMILES string of the molecule is C=Cc1cc(-n2c3ccccc3c3ccccc32)ccc1O[C@@H](C)C(C)I. The van der Waals surface area contributed by atoms with Crippen LogP contribution in [0.4, 0.5) is 0 Å². The monoisotopic (exact) mass is 467 g/mol. The molecule has 0 fully saturated rings. The number of aromatic nitrogens is 1. The van der Waals surface area contributed by atoms with Crippen LogP contribution in [0.15, 0.2) is 73.3 Å². The van der Waals surface area contributed by atoms with Gasteiger partial charge in [0.05, 0.1) is 11.0 Å². The Kier molecular flexibility index (Phi) is 4.96. The summed E-state index contributed by atoms with van der Waals surface area (Å²) in [6, 6.07) is 23.4. The first-order valence-corrected chi connectivity index (χ1v) is 10.4. The van der Waals surface area contributed by atoms with Gasteiger partial charge in [-0.1, -0.05) is 71.6 Å². The van der Waals surface area contributed by atoms with Crippen LogP contribution in [0, 0.1) is 0 Å². The summed E-state index contributed by atoms with van der Waals surface area (Å²) in [5.41, 5.74) is 4.54. The number of ether oxygens (including phenoxy) is 1. The molecule has 0 amide bonds. The highest BCUT2D eigenvalue weighted by molar-refractivity contribution is 14.1. The summed E-state index contributed by atoms with van der Waals surface area (Å²) in [5, 5.41) is 2.53. The van der Waals surface area contributed by atoms with E-state index in [2.05, 4.69) is 114 Å². The molecule has 1 aromatic heterocycles. The summed E-state index contributed by atoms with van der Waals surface area (Å²) in [4.78, 5) is 0. The van der Waals surface area contributed by atoms with Gasteiger partial charge in [-0.05, 0) is 44.2 Å². The lowest BCUT2D eigenvalue weighted by atomic mass is 10.1. The lowest BCUT2D eigenvalue weighted by Crippen LogP contribution is -2.21. The lowest BCUT2D eigenvalue weighted by Gasteiger charge is -2.19. The second-order valence-corrected chi connectivity index (χ2v) is 8.76. The maximum absolute atomic E-state index is 6.16. The average molecular weight is 467 g/mol. The van der Waals surface area contributed by atoms with Gasteiger partial charge < -0.3 is 9.30 Å². The van der Waals surface area contributed by atoms with Crippen LogP contribution in [0.1, 0.15) is 19.4 Å². The number of halogens is 1. The summed E-state index contributed by atoms with van der Waals surface area (Å²) < 4.78 is 8.90. The van der Waals surface area contributed by atoms with Gasteiger partial charge in [-0.15, -0.1) is 0 Å². The molecule has 0 aliphatic carbocycles. The first kappa shape index (κ1) is 18.1. The molecule has 3 heteroatoms. The highest BCUT2D eigenvalue weighted by Crippen LogP contribution is 2.33. The van der Waals surface area contributed by atoms with Crippen molar-refractivity contribution in [2.75, 3.05) is 0 Å². The third kappa shape index (κ3) is 3.25. The predicted molar refractivity (Wildman–Crippen MR) is 124 cm³/mol. The molecule has 2 atom stereocenters. The van der Waals surface area contributed by atoms with Crippen molar-refractivity contribution in [3.05, 3.63) is 78.9 Å². The van der Waals surface area contributed by atoms with Gasteiger partial charge in [-0.3, -0.25) is 0 Å². The quantitative estimate of drug-likeness (QED) is 0.227. The van der Waals surface area contributed by atoms with Crippen molar-refractivity contribution < 1.29 is 4.74 Å². The molecular weight excluding hydrogens is 445 g/mol. The Morgan fingerprint density at radius 1 is 0.926 bits per heavy atom. The normalized spacial score (nSPS) is 13.6. The van der Waals surface area contributed by atoms with E-state index in [0.29, 0.717) is 3.92 Å². The molecule has 4 rings (SSSR count). The molecule has 0 aliphatic heterocycles. The first-order valence-electron chi connectivity index (χ1n) is 9.16. The van der Waals surface area contributed by atoms with Gasteiger partial charge in [0.1, 0.15) is 11.9 Å². The number of benzene rings is 3. The van der Waals surface area contributed by atoms with Crippen LogP contribution in [0.2, 0.25) is 0 Å². The van der Waals surface area contributed by atoms with E-state index in [1.54, 1.807) is 0 Å². The average Bonchev–Trinajstić information content (AvgIpc) is 3.03. The van der Waals surface area contributed by atoms with Crippen LogP contribution in [0.5, 0.6) is 5.75 Å². The van der Waals surface area contributed by atoms with Crippen molar-refractivity contribution in [2.45, 2.75) is 23.9 Å². The minimum Gasteiger partial charge on any atom is -0.489 e. The number of para-hydroxylation sites is 2. The van der Waals surface area contributed by atoms with E-state index >= 15 is 0 Å². The highest BCUT2D eigenvalue weighted by Gasteiger charge is 2.15. The minimum absolute atomic E-state index is 0.142. The Labute approximate surface area is 173 Å². The molecule has 0 saturated heterocycles. The van der Waals surface area contributed by atoms with Crippen LogP contribution in [-0.4, -0.2) is 14.6 Å². The van der Waals surface area contributed by atoms with E-state index in [1.165, 1.54) is 21.8 Å². The summed E-state index contributed by atoms with van der Waals surface area (Å²) in [6.07, 6.45) is 2.01. The molecule has 0 aliphatic rings. The Morgan fingerprint density at radius 2 is 1.52 bits per heavy atom. The van der Waals surface area contributed by atoms with E-state index in [9.17, 15) is 0 Å². The third-order valence-electron chi connectivity index (χ3n) is 5.01. The fourth-order valence-electron chi connectivity index (χ4n) is 3.44. The zero-order chi connectivity index (χ0) is 19.0. The second kappa shape index (κ2) is 7.39. The zero-order valence-electron chi connectivity index (χ0n) is 15.5. The second-order valence-electron chi connectivity index (χ2n) is 6.80. The van der Waals surface area contributed by atoms with Gasteiger partial charge >= 0.3 is 0 Å². The van der Waals surface area contributed by atoms with E-state index in [0.717, 1.165) is 17.0 Å². The van der Waals surface area contributed by atoms with Gasteiger partial charge in [0.15, 0.2) is 0 Å². The predicted octanol–water partition coefficient (Wildman–Crippen LogP) is 7.02. The molecule has 0 saturated carbocycles. The topological polar surface area (TPSA) is 14.2 Å². The van der Waals surface area contributed by atoms with Crippen LogP contribution in [0.25, 0.3) is 33.6 Å². The Bertz CT molecular complexity index is 1070. The summed E-state index contributed by atoms with van der Waals surface area (Å²) in [7, 11) is 0. The molecule has 0 N–H and O–H groups in total. The fourth-order valence-corrected chi connectivity index (χ4v) is 3.58. The summed E-state index contributed by atoms with van der Waals surface area (Å²) in [5.74, 6) is 0.880. The number of alkyl halides is 1. The Balaban J connectivity index is 1.90. The van der Waals surface area contributed by atoms with Crippen LogP contribution < -0.4 is 4.74 Å². The standard InChI is InChI=1S/C24H22INO/c1-4-18-15-19(13-14-24(18)27-17(3)16(2)25)26-22-11-7-5-9-20(22)21-10-6-8-12-23(21)26/h4-17H,1H2,2-3H3/t16?,17-/m0/s1. The molecule has 2 nitrogen and oxygen atoms in total. The third-order valence-corrected chi connectivity index (χ3v) is 6.02. The zero-order valence-corrected chi connectivity index (χ0v) is 17.7. The smallest absolute Gasteiger partial charge is 0.127 e. The van der Waals surface area contributed by atoms with Crippen molar-refractivity contribution in [1.29, 1.82) is 0 Å². The fraction of sp³-hybridized carbons (Fsp3) is 0.167. The van der Waals surface area contributed by atoms with Crippen LogP contribution in [-0.2, 0) is 0 Å². The number of hydrogen-bond donors (Lipinski definition) is 0. The Morgan fingerprint density at radius 3 is 2.07 bits per heavy atom. The van der Waals surface area contributed by atoms with Crippen LogP contribution in [0.3, 0.4) is 0 Å². The molecule has 27 heavy (non-hydrogen) atoms. The highest BCUT2D eigenvalue weighted by atomic mass is 127. The number of rotatable bonds is 5. The van der Waals surface area contributed by atoms with Crippen molar-refractivity contribution in [2.24, 2.45) is 0 Å². The summed E-state index contributed by atoms with van der Waals surface area (Å²) >= 11 is 2.40. The van der Waals surface area contributed by atoms with E-state index in [4.69, 9.17) is 4.74 Å². The van der Waals surface area contributed by atoms with Gasteiger partial charge in [0.2, 0.25) is 0 Å². The number of nitrogens with zero attached hydrogens (tertiary/aromatic N) is 1. The van der Waals surface area contributed by atoms with Crippen LogP contribution >= 0.6 is 22.6 Å². The molecule has 0 spiro atoms. The van der Waals surface area contributed by atoms with Gasteiger partial charge in [-0.25, -0.2) is 0 Å². The van der Waals surface area contributed by atoms with E-state index in [-0.39, 0.29) is 6.10 Å². The molecule has 136 valence electrons. The van der Waals surface area contributed by atoms with E-state index < -0.39 is 0 Å². The maximum Gasteiger partial charge on any atom is 0.127 e. The molecule has 3 aromatic carbocycles. The maximum atomic E-state index is 6.16. The molecule has 0 radical (unpaired) electrons. The Hall–Kier alpha value is -2.27. The first-order chi connectivity index (χ1) is 13.1. The van der Waals surface area contributed by atoms with Gasteiger partial charge in [0, 0.05) is 25.9 Å². The minimum atomic E-state index is 0.142. The van der Waals surface area contributed by atoms with Crippen molar-refractivity contribution in [1.82, 2.24) is 4.57 Å².